The molecule has 0 fully saturated rings. The van der Waals surface area contributed by atoms with E-state index in [0.29, 0.717) is 22.2 Å². The molecule has 1 amide bonds. The quantitative estimate of drug-likeness (QED) is 0.763. The topological polar surface area (TPSA) is 69.3 Å². The summed E-state index contributed by atoms with van der Waals surface area (Å²) in [7, 11) is 1.79. The summed E-state index contributed by atoms with van der Waals surface area (Å²) in [5, 5.41) is 7.59. The molecule has 0 radical (unpaired) electrons. The van der Waals surface area contributed by atoms with Crippen LogP contribution in [0.15, 0.2) is 47.0 Å². The number of rotatable bonds is 5. The van der Waals surface area contributed by atoms with E-state index in [1.165, 1.54) is 0 Å². The van der Waals surface area contributed by atoms with Crippen molar-refractivity contribution in [1.29, 1.82) is 0 Å². The lowest BCUT2D eigenvalue weighted by atomic mass is 10.3. The Morgan fingerprint density at radius 3 is 2.71 bits per heavy atom. The fourth-order valence-electron chi connectivity index (χ4n) is 2.17. The van der Waals surface area contributed by atoms with Crippen LogP contribution in [0.2, 0.25) is 5.02 Å². The molecule has 24 heavy (non-hydrogen) atoms. The number of nitrogens with one attached hydrogen (secondary N) is 1. The van der Waals surface area contributed by atoms with Crippen molar-refractivity contribution in [2.24, 2.45) is 7.05 Å². The van der Waals surface area contributed by atoms with Crippen molar-refractivity contribution in [3.05, 3.63) is 64.8 Å². The highest BCUT2D eigenvalue weighted by molar-refractivity contribution is 6.30. The highest BCUT2D eigenvalue weighted by Gasteiger charge is 2.14. The number of aryl methyl sites for hydroxylation is 2. The first-order chi connectivity index (χ1) is 11.5. The first kappa shape index (κ1) is 16.1. The predicted octanol–water partition coefficient (Wildman–Crippen LogP) is 3.81. The second-order valence-electron chi connectivity index (χ2n) is 5.26. The second-order valence-corrected chi connectivity index (χ2v) is 5.70. The van der Waals surface area contributed by atoms with Crippen LogP contribution in [0.4, 0.5) is 5.69 Å². The van der Waals surface area contributed by atoms with Crippen LogP contribution in [0.25, 0.3) is 0 Å². The van der Waals surface area contributed by atoms with E-state index in [9.17, 15) is 4.79 Å². The van der Waals surface area contributed by atoms with Crippen LogP contribution < -0.4 is 10.1 Å². The lowest BCUT2D eigenvalue weighted by Gasteiger charge is -2.04. The summed E-state index contributed by atoms with van der Waals surface area (Å²) in [5.41, 5.74) is 1.39. The largest absolute Gasteiger partial charge is 0.486 e. The van der Waals surface area contributed by atoms with Crippen LogP contribution in [-0.2, 0) is 13.7 Å². The molecule has 2 aromatic heterocycles. The minimum atomic E-state index is -0.330. The number of ether oxygens (including phenoxy) is 1. The zero-order valence-corrected chi connectivity index (χ0v) is 14.0. The van der Waals surface area contributed by atoms with Crippen molar-refractivity contribution in [2.75, 3.05) is 5.32 Å². The van der Waals surface area contributed by atoms with E-state index in [2.05, 4.69) is 10.4 Å². The Balaban J connectivity index is 1.61. The molecule has 3 aromatic rings. The maximum atomic E-state index is 12.2. The zero-order valence-electron chi connectivity index (χ0n) is 13.2. The van der Waals surface area contributed by atoms with Gasteiger partial charge in [-0.1, -0.05) is 11.6 Å². The first-order valence-corrected chi connectivity index (χ1v) is 7.68. The van der Waals surface area contributed by atoms with Gasteiger partial charge in [0.15, 0.2) is 5.76 Å². The first-order valence-electron chi connectivity index (χ1n) is 7.30. The van der Waals surface area contributed by atoms with E-state index in [4.69, 9.17) is 20.8 Å². The number of nitrogens with zero attached hydrogens (tertiary/aromatic N) is 2. The van der Waals surface area contributed by atoms with E-state index in [1.54, 1.807) is 54.3 Å². The Labute approximate surface area is 144 Å². The van der Waals surface area contributed by atoms with E-state index in [1.807, 2.05) is 6.92 Å². The van der Waals surface area contributed by atoms with Crippen LogP contribution >= 0.6 is 11.6 Å². The summed E-state index contributed by atoms with van der Waals surface area (Å²) in [6.07, 6.45) is 1.74. The molecule has 6 nitrogen and oxygen atoms in total. The zero-order chi connectivity index (χ0) is 17.1. The van der Waals surface area contributed by atoms with E-state index in [0.717, 1.165) is 5.69 Å². The monoisotopic (exact) mass is 345 g/mol. The number of carbonyl (C=O) groups is 1. The Kier molecular flexibility index (Phi) is 4.57. The van der Waals surface area contributed by atoms with Crippen LogP contribution in [0.5, 0.6) is 5.75 Å². The normalized spacial score (nSPS) is 10.6. The average molecular weight is 346 g/mol. The molecular formula is C17H16ClN3O3. The van der Waals surface area contributed by atoms with Crippen LogP contribution in [0.3, 0.4) is 0 Å². The summed E-state index contributed by atoms with van der Waals surface area (Å²) in [5.74, 6) is 1.11. The van der Waals surface area contributed by atoms with Crippen LogP contribution in [0, 0.1) is 6.92 Å². The van der Waals surface area contributed by atoms with Gasteiger partial charge < -0.3 is 14.5 Å². The summed E-state index contributed by atoms with van der Waals surface area (Å²) in [4.78, 5) is 12.2. The van der Waals surface area contributed by atoms with Crippen molar-refractivity contribution < 1.29 is 13.9 Å². The maximum Gasteiger partial charge on any atom is 0.291 e. The van der Waals surface area contributed by atoms with Gasteiger partial charge in [0.05, 0.1) is 11.4 Å². The van der Waals surface area contributed by atoms with Gasteiger partial charge in [0, 0.05) is 18.3 Å². The molecular weight excluding hydrogens is 330 g/mol. The molecule has 0 aliphatic rings. The number of furan rings is 1. The van der Waals surface area contributed by atoms with Gasteiger partial charge in [0.25, 0.3) is 5.91 Å². The SMILES string of the molecule is Cc1nn(C)cc1NC(=O)c1ccc(COc2ccc(Cl)cc2)o1. The number of halogens is 1. The summed E-state index contributed by atoms with van der Waals surface area (Å²) < 4.78 is 12.7. The molecule has 0 saturated carbocycles. The summed E-state index contributed by atoms with van der Waals surface area (Å²) in [6, 6.07) is 10.3. The number of hydrogen-bond donors (Lipinski definition) is 1. The van der Waals surface area contributed by atoms with E-state index < -0.39 is 0 Å². The third-order valence-electron chi connectivity index (χ3n) is 3.34. The second kappa shape index (κ2) is 6.80. The summed E-state index contributed by atoms with van der Waals surface area (Å²) >= 11 is 5.82. The Morgan fingerprint density at radius 1 is 1.29 bits per heavy atom. The fourth-order valence-corrected chi connectivity index (χ4v) is 2.30. The van der Waals surface area contributed by atoms with Crippen molar-refractivity contribution in [1.82, 2.24) is 9.78 Å². The molecule has 0 saturated heterocycles. The van der Waals surface area contributed by atoms with Gasteiger partial charge in [-0.3, -0.25) is 9.48 Å². The molecule has 0 aliphatic carbocycles. The standard InChI is InChI=1S/C17H16ClN3O3/c1-11-15(9-21(2)20-11)19-17(22)16-8-7-14(24-16)10-23-13-5-3-12(18)4-6-13/h3-9H,10H2,1-2H3,(H,19,22). The molecule has 124 valence electrons. The van der Waals surface area contributed by atoms with Crippen molar-refractivity contribution in [3.8, 4) is 5.75 Å². The number of hydrogen-bond acceptors (Lipinski definition) is 4. The lowest BCUT2D eigenvalue weighted by Crippen LogP contribution is -2.11. The molecule has 0 aliphatic heterocycles. The van der Waals surface area contributed by atoms with Crippen molar-refractivity contribution >= 4 is 23.2 Å². The van der Waals surface area contributed by atoms with Gasteiger partial charge in [-0.25, -0.2) is 0 Å². The molecule has 0 spiro atoms. The molecule has 0 unspecified atom stereocenters. The average Bonchev–Trinajstić information content (AvgIpc) is 3.14. The van der Waals surface area contributed by atoms with Gasteiger partial charge in [-0.15, -0.1) is 0 Å². The molecule has 7 heteroatoms. The molecule has 1 aromatic carbocycles. The molecule has 3 rings (SSSR count). The Hall–Kier alpha value is -2.73. The Bertz CT molecular complexity index is 852. The number of benzene rings is 1. The van der Waals surface area contributed by atoms with Gasteiger partial charge in [0.1, 0.15) is 18.1 Å². The van der Waals surface area contributed by atoms with Gasteiger partial charge in [-0.05, 0) is 43.3 Å². The third-order valence-corrected chi connectivity index (χ3v) is 3.59. The molecule has 1 N–H and O–H groups in total. The van der Waals surface area contributed by atoms with Gasteiger partial charge in [0.2, 0.25) is 0 Å². The minimum absolute atomic E-state index is 0.216. The lowest BCUT2D eigenvalue weighted by molar-refractivity contribution is 0.0992. The minimum Gasteiger partial charge on any atom is -0.486 e. The Morgan fingerprint density at radius 2 is 2.04 bits per heavy atom. The highest BCUT2D eigenvalue weighted by atomic mass is 35.5. The molecule has 0 atom stereocenters. The highest BCUT2D eigenvalue weighted by Crippen LogP contribution is 2.18. The van der Waals surface area contributed by atoms with Gasteiger partial charge >= 0.3 is 0 Å². The molecule has 0 bridgehead atoms. The fraction of sp³-hybridized carbons (Fsp3) is 0.176. The number of aromatic nitrogens is 2. The smallest absolute Gasteiger partial charge is 0.291 e. The third kappa shape index (κ3) is 3.78. The van der Waals surface area contributed by atoms with Crippen LogP contribution in [-0.4, -0.2) is 15.7 Å². The number of anilines is 1. The molecule has 2 heterocycles. The predicted molar refractivity (Wildman–Crippen MR) is 90.4 cm³/mol. The maximum absolute atomic E-state index is 12.2. The van der Waals surface area contributed by atoms with E-state index in [-0.39, 0.29) is 18.3 Å². The van der Waals surface area contributed by atoms with Gasteiger partial charge in [-0.2, -0.15) is 5.10 Å². The number of carbonyl (C=O) groups excluding carboxylic acids is 1. The number of amides is 1. The summed E-state index contributed by atoms with van der Waals surface area (Å²) in [6.45, 7) is 2.05. The van der Waals surface area contributed by atoms with Crippen molar-refractivity contribution in [2.45, 2.75) is 13.5 Å². The van der Waals surface area contributed by atoms with Crippen molar-refractivity contribution in [3.63, 3.8) is 0 Å². The van der Waals surface area contributed by atoms with E-state index >= 15 is 0 Å². The van der Waals surface area contributed by atoms with Crippen LogP contribution in [0.1, 0.15) is 22.0 Å².